The van der Waals surface area contributed by atoms with Gasteiger partial charge in [0, 0.05) is 22.6 Å². The lowest BCUT2D eigenvalue weighted by molar-refractivity contribution is -0.121. The zero-order valence-electron chi connectivity index (χ0n) is 13.8. The zero-order chi connectivity index (χ0) is 18.7. The molecule has 1 amide bonds. The number of nitrogens with zero attached hydrogens (tertiary/aromatic N) is 2. The van der Waals surface area contributed by atoms with Gasteiger partial charge in [-0.15, -0.1) is 0 Å². The van der Waals surface area contributed by atoms with Gasteiger partial charge in [-0.05, 0) is 42.6 Å². The van der Waals surface area contributed by atoms with Gasteiger partial charge in [-0.25, -0.2) is 0 Å². The molecular formula is C19H14BrN3O2S. The molecule has 3 rings (SSSR count). The van der Waals surface area contributed by atoms with Gasteiger partial charge in [0.15, 0.2) is 5.11 Å². The standard InChI is InChI=1S/C19H14BrN3O2S/c1-23-18(24)16(22-19(23)26)9-14-8-15(20)6-7-17(14)25-11-13-5-3-2-4-12(13)10-21/h2-9H,11H2,1H3,(H,22,26). The number of rotatable bonds is 4. The molecule has 1 heterocycles. The summed E-state index contributed by atoms with van der Waals surface area (Å²) in [4.78, 5) is 13.6. The van der Waals surface area contributed by atoms with Crippen LogP contribution in [0.3, 0.4) is 0 Å². The molecule has 1 aliphatic rings. The fourth-order valence-corrected chi connectivity index (χ4v) is 3.02. The van der Waals surface area contributed by atoms with E-state index in [1.807, 2.05) is 36.4 Å². The Bertz CT molecular complexity index is 965. The number of nitrogens with one attached hydrogen (secondary N) is 1. The van der Waals surface area contributed by atoms with Crippen LogP contribution in [0, 0.1) is 11.3 Å². The number of hydrogen-bond donors (Lipinski definition) is 1. The van der Waals surface area contributed by atoms with E-state index in [4.69, 9.17) is 17.0 Å². The molecule has 7 heteroatoms. The van der Waals surface area contributed by atoms with Crippen molar-refractivity contribution in [2.75, 3.05) is 7.05 Å². The highest BCUT2D eigenvalue weighted by Gasteiger charge is 2.27. The molecular weight excluding hydrogens is 414 g/mol. The van der Waals surface area contributed by atoms with E-state index in [-0.39, 0.29) is 12.5 Å². The van der Waals surface area contributed by atoms with E-state index in [2.05, 4.69) is 27.3 Å². The maximum absolute atomic E-state index is 12.2. The fourth-order valence-electron chi connectivity index (χ4n) is 2.45. The third kappa shape index (κ3) is 3.77. The van der Waals surface area contributed by atoms with Crippen molar-refractivity contribution in [2.24, 2.45) is 0 Å². The lowest BCUT2D eigenvalue weighted by Gasteiger charge is -2.11. The molecule has 1 saturated heterocycles. The molecule has 0 aromatic heterocycles. The monoisotopic (exact) mass is 427 g/mol. The van der Waals surface area contributed by atoms with Gasteiger partial charge in [0.25, 0.3) is 5.91 Å². The normalized spacial score (nSPS) is 15.1. The third-order valence-electron chi connectivity index (χ3n) is 3.87. The van der Waals surface area contributed by atoms with Crippen LogP contribution in [0.4, 0.5) is 0 Å². The van der Waals surface area contributed by atoms with E-state index in [9.17, 15) is 10.1 Å². The average Bonchev–Trinajstić information content (AvgIpc) is 2.88. The number of thiocarbonyl (C=S) groups is 1. The van der Waals surface area contributed by atoms with Gasteiger partial charge >= 0.3 is 0 Å². The van der Waals surface area contributed by atoms with E-state index in [1.54, 1.807) is 19.2 Å². The van der Waals surface area contributed by atoms with Gasteiger partial charge in [0.2, 0.25) is 0 Å². The molecule has 0 saturated carbocycles. The Kier molecular flexibility index (Phi) is 5.35. The molecule has 1 fully saturated rings. The molecule has 1 N–H and O–H groups in total. The number of carbonyl (C=O) groups is 1. The van der Waals surface area contributed by atoms with Crippen molar-refractivity contribution >= 4 is 45.2 Å². The Morgan fingerprint density at radius 1 is 1.35 bits per heavy atom. The molecule has 130 valence electrons. The van der Waals surface area contributed by atoms with Crippen molar-refractivity contribution in [1.82, 2.24) is 10.2 Å². The Morgan fingerprint density at radius 2 is 2.12 bits per heavy atom. The summed E-state index contributed by atoms with van der Waals surface area (Å²) in [5.41, 5.74) is 2.48. The number of hydrogen-bond acceptors (Lipinski definition) is 4. The first-order chi connectivity index (χ1) is 12.5. The van der Waals surface area contributed by atoms with Crippen LogP contribution in [0.5, 0.6) is 5.75 Å². The Labute approximate surface area is 165 Å². The predicted molar refractivity (Wildman–Crippen MR) is 106 cm³/mol. The summed E-state index contributed by atoms with van der Waals surface area (Å²) in [6, 6.07) is 15.0. The van der Waals surface area contributed by atoms with Crippen molar-refractivity contribution in [3.8, 4) is 11.8 Å². The number of benzene rings is 2. The van der Waals surface area contributed by atoms with E-state index < -0.39 is 0 Å². The maximum atomic E-state index is 12.2. The summed E-state index contributed by atoms with van der Waals surface area (Å²) in [6.45, 7) is 0.251. The van der Waals surface area contributed by atoms with Gasteiger partial charge in [-0.2, -0.15) is 5.26 Å². The predicted octanol–water partition coefficient (Wildman–Crippen LogP) is 3.59. The minimum absolute atomic E-state index is 0.198. The number of nitriles is 1. The van der Waals surface area contributed by atoms with E-state index >= 15 is 0 Å². The fraction of sp³-hybridized carbons (Fsp3) is 0.105. The molecule has 2 aromatic rings. The van der Waals surface area contributed by atoms with Crippen molar-refractivity contribution in [3.05, 3.63) is 69.3 Å². The van der Waals surface area contributed by atoms with Crippen LogP contribution in [0.25, 0.3) is 6.08 Å². The summed E-state index contributed by atoms with van der Waals surface area (Å²) >= 11 is 8.53. The van der Waals surface area contributed by atoms with Crippen LogP contribution >= 0.6 is 28.1 Å². The highest BCUT2D eigenvalue weighted by Crippen LogP contribution is 2.27. The smallest absolute Gasteiger partial charge is 0.276 e. The number of ether oxygens (including phenoxy) is 1. The third-order valence-corrected chi connectivity index (χ3v) is 4.74. The Hall–Kier alpha value is -2.69. The Morgan fingerprint density at radius 3 is 2.81 bits per heavy atom. The van der Waals surface area contributed by atoms with Crippen LogP contribution in [0.1, 0.15) is 16.7 Å². The van der Waals surface area contributed by atoms with Gasteiger partial charge in [-0.1, -0.05) is 34.1 Å². The van der Waals surface area contributed by atoms with Crippen LogP contribution < -0.4 is 10.1 Å². The molecule has 0 unspecified atom stereocenters. The summed E-state index contributed by atoms with van der Waals surface area (Å²) in [7, 11) is 1.62. The first kappa shape index (κ1) is 18.1. The second-order valence-electron chi connectivity index (χ2n) is 5.59. The number of carbonyl (C=O) groups excluding carboxylic acids is 1. The minimum atomic E-state index is -0.198. The number of amides is 1. The van der Waals surface area contributed by atoms with E-state index in [1.165, 1.54) is 4.90 Å². The topological polar surface area (TPSA) is 65.4 Å². The van der Waals surface area contributed by atoms with Crippen molar-refractivity contribution in [3.63, 3.8) is 0 Å². The van der Waals surface area contributed by atoms with Gasteiger partial charge < -0.3 is 10.1 Å². The quantitative estimate of drug-likeness (QED) is 0.596. The first-order valence-corrected chi connectivity index (χ1v) is 8.91. The highest BCUT2D eigenvalue weighted by atomic mass is 79.9. The lowest BCUT2D eigenvalue weighted by Crippen LogP contribution is -2.25. The van der Waals surface area contributed by atoms with Crippen LogP contribution in [-0.2, 0) is 11.4 Å². The molecule has 1 aliphatic heterocycles. The largest absolute Gasteiger partial charge is 0.488 e. The second kappa shape index (κ2) is 7.68. The molecule has 5 nitrogen and oxygen atoms in total. The maximum Gasteiger partial charge on any atom is 0.276 e. The number of likely N-dealkylation sites (N-methyl/N-ethyl adjacent to an activating group) is 1. The Balaban J connectivity index is 1.89. The molecule has 0 aliphatic carbocycles. The lowest BCUT2D eigenvalue weighted by atomic mass is 10.1. The van der Waals surface area contributed by atoms with Gasteiger partial charge in [0.1, 0.15) is 18.1 Å². The van der Waals surface area contributed by atoms with E-state index in [0.29, 0.717) is 22.1 Å². The molecule has 26 heavy (non-hydrogen) atoms. The van der Waals surface area contributed by atoms with Crippen LogP contribution in [0.15, 0.2) is 52.6 Å². The second-order valence-corrected chi connectivity index (χ2v) is 6.89. The average molecular weight is 428 g/mol. The van der Waals surface area contributed by atoms with Crippen molar-refractivity contribution in [2.45, 2.75) is 6.61 Å². The summed E-state index contributed by atoms with van der Waals surface area (Å²) in [5, 5.41) is 12.4. The summed E-state index contributed by atoms with van der Waals surface area (Å²) in [5.74, 6) is 0.402. The molecule has 2 aromatic carbocycles. The molecule has 0 spiro atoms. The van der Waals surface area contributed by atoms with Gasteiger partial charge in [0.05, 0.1) is 11.6 Å². The minimum Gasteiger partial charge on any atom is -0.488 e. The van der Waals surface area contributed by atoms with Crippen LogP contribution in [-0.4, -0.2) is 23.0 Å². The van der Waals surface area contributed by atoms with Crippen molar-refractivity contribution < 1.29 is 9.53 Å². The van der Waals surface area contributed by atoms with Gasteiger partial charge in [-0.3, -0.25) is 9.69 Å². The summed E-state index contributed by atoms with van der Waals surface area (Å²) in [6.07, 6.45) is 1.70. The SMILES string of the molecule is CN1C(=O)C(=Cc2cc(Br)ccc2OCc2ccccc2C#N)NC1=S. The van der Waals surface area contributed by atoms with Crippen LogP contribution in [0.2, 0.25) is 0 Å². The highest BCUT2D eigenvalue weighted by molar-refractivity contribution is 9.10. The number of halogens is 1. The molecule has 0 atom stereocenters. The zero-order valence-corrected chi connectivity index (χ0v) is 16.2. The van der Waals surface area contributed by atoms with Crippen molar-refractivity contribution in [1.29, 1.82) is 5.26 Å². The molecule has 0 radical (unpaired) electrons. The molecule has 0 bridgehead atoms. The van der Waals surface area contributed by atoms with E-state index in [0.717, 1.165) is 15.6 Å². The first-order valence-electron chi connectivity index (χ1n) is 7.70. The summed E-state index contributed by atoms with van der Waals surface area (Å²) < 4.78 is 6.77.